The number of carbonyl (C=O) groups excluding carboxylic acids is 2. The topological polar surface area (TPSA) is 46.6 Å². The van der Waals surface area contributed by atoms with Crippen molar-refractivity contribution in [2.24, 2.45) is 5.92 Å². The van der Waals surface area contributed by atoms with Gasteiger partial charge in [0.1, 0.15) is 0 Å². The predicted octanol–water partition coefficient (Wildman–Crippen LogP) is 2.74. The van der Waals surface area contributed by atoms with E-state index in [1.807, 2.05) is 0 Å². The van der Waals surface area contributed by atoms with Crippen LogP contribution < -0.4 is 0 Å². The van der Waals surface area contributed by atoms with E-state index in [4.69, 9.17) is 16.3 Å². The van der Waals surface area contributed by atoms with Gasteiger partial charge in [-0.1, -0.05) is 27.5 Å². The van der Waals surface area contributed by atoms with Gasteiger partial charge >= 0.3 is 5.97 Å². The number of nitrogens with zero attached hydrogens (tertiary/aromatic N) is 1. The summed E-state index contributed by atoms with van der Waals surface area (Å²) in [5.41, 5.74) is 0.454. The number of carbonyl (C=O) groups is 2. The summed E-state index contributed by atoms with van der Waals surface area (Å²) in [6.45, 7) is 0.933. The van der Waals surface area contributed by atoms with Gasteiger partial charge < -0.3 is 9.64 Å². The number of methoxy groups -OCH3 is 1. The first-order valence-electron chi connectivity index (χ1n) is 5.85. The molecule has 1 unspecified atom stereocenters. The molecule has 1 atom stereocenters. The number of likely N-dealkylation sites (tertiary alicyclic amines) is 1. The third-order valence-corrected chi connectivity index (χ3v) is 3.98. The zero-order valence-electron chi connectivity index (χ0n) is 10.4. The summed E-state index contributed by atoms with van der Waals surface area (Å²) in [6, 6.07) is 5.13. The molecular formula is C13H13BrClNO3. The van der Waals surface area contributed by atoms with Gasteiger partial charge in [-0.3, -0.25) is 9.59 Å². The molecule has 0 aromatic heterocycles. The molecule has 0 radical (unpaired) electrons. The number of halogens is 2. The van der Waals surface area contributed by atoms with Crippen LogP contribution in [0.2, 0.25) is 5.02 Å². The van der Waals surface area contributed by atoms with Crippen LogP contribution in [0.1, 0.15) is 16.8 Å². The summed E-state index contributed by atoms with van der Waals surface area (Å²) >= 11 is 9.36. The number of hydrogen-bond acceptors (Lipinski definition) is 3. The van der Waals surface area contributed by atoms with Crippen LogP contribution in [0.25, 0.3) is 0 Å². The first kappa shape index (κ1) is 14.3. The molecule has 0 aliphatic carbocycles. The average molecular weight is 347 g/mol. The maximum atomic E-state index is 12.3. The molecule has 0 N–H and O–H groups in total. The van der Waals surface area contributed by atoms with Gasteiger partial charge in [0.05, 0.1) is 23.6 Å². The zero-order chi connectivity index (χ0) is 14.0. The van der Waals surface area contributed by atoms with Gasteiger partial charge in [0.25, 0.3) is 5.91 Å². The van der Waals surface area contributed by atoms with E-state index in [1.165, 1.54) is 7.11 Å². The van der Waals surface area contributed by atoms with E-state index in [9.17, 15) is 9.59 Å². The van der Waals surface area contributed by atoms with Crippen LogP contribution >= 0.6 is 27.5 Å². The second kappa shape index (κ2) is 5.92. The van der Waals surface area contributed by atoms with Crippen molar-refractivity contribution in [3.63, 3.8) is 0 Å². The van der Waals surface area contributed by atoms with Crippen molar-refractivity contribution >= 4 is 39.4 Å². The van der Waals surface area contributed by atoms with Crippen molar-refractivity contribution < 1.29 is 14.3 Å². The quantitative estimate of drug-likeness (QED) is 0.774. The molecule has 6 heteroatoms. The molecular weight excluding hydrogens is 334 g/mol. The van der Waals surface area contributed by atoms with Gasteiger partial charge in [0.2, 0.25) is 0 Å². The highest BCUT2D eigenvalue weighted by Gasteiger charge is 2.32. The molecule has 102 valence electrons. The van der Waals surface area contributed by atoms with Crippen LogP contribution in [0.5, 0.6) is 0 Å². The molecule has 1 aliphatic rings. The van der Waals surface area contributed by atoms with Crippen LogP contribution in [0.3, 0.4) is 0 Å². The van der Waals surface area contributed by atoms with Crippen molar-refractivity contribution in [2.75, 3.05) is 20.2 Å². The number of ether oxygens (including phenoxy) is 1. The number of rotatable bonds is 2. The Labute approximate surface area is 124 Å². The monoisotopic (exact) mass is 345 g/mol. The summed E-state index contributed by atoms with van der Waals surface area (Å²) in [4.78, 5) is 25.4. The second-order valence-corrected chi connectivity index (χ2v) is 5.71. The van der Waals surface area contributed by atoms with Crippen LogP contribution in [0.4, 0.5) is 0 Å². The molecule has 1 aliphatic heterocycles. The maximum Gasteiger partial charge on any atom is 0.310 e. The Morgan fingerprint density at radius 2 is 2.21 bits per heavy atom. The van der Waals surface area contributed by atoms with E-state index in [-0.39, 0.29) is 17.8 Å². The smallest absolute Gasteiger partial charge is 0.310 e. The van der Waals surface area contributed by atoms with Gasteiger partial charge in [0.15, 0.2) is 0 Å². The Hall–Kier alpha value is -1.07. The first-order chi connectivity index (χ1) is 9.02. The Morgan fingerprint density at radius 3 is 2.84 bits per heavy atom. The lowest BCUT2D eigenvalue weighted by Gasteiger charge is -2.17. The molecule has 0 bridgehead atoms. The zero-order valence-corrected chi connectivity index (χ0v) is 12.7. The molecule has 1 saturated heterocycles. The fraction of sp³-hybridized carbons (Fsp3) is 0.385. The Morgan fingerprint density at radius 1 is 1.47 bits per heavy atom. The van der Waals surface area contributed by atoms with E-state index in [1.54, 1.807) is 23.1 Å². The minimum absolute atomic E-state index is 0.149. The highest BCUT2D eigenvalue weighted by Crippen LogP contribution is 2.25. The van der Waals surface area contributed by atoms with E-state index in [0.29, 0.717) is 30.1 Å². The van der Waals surface area contributed by atoms with Crippen LogP contribution in [0.15, 0.2) is 22.7 Å². The van der Waals surface area contributed by atoms with Crippen LogP contribution in [0, 0.1) is 5.92 Å². The second-order valence-electron chi connectivity index (χ2n) is 4.38. The van der Waals surface area contributed by atoms with E-state index < -0.39 is 0 Å². The highest BCUT2D eigenvalue weighted by molar-refractivity contribution is 9.10. The minimum Gasteiger partial charge on any atom is -0.469 e. The fourth-order valence-electron chi connectivity index (χ4n) is 2.14. The van der Waals surface area contributed by atoms with Crippen molar-refractivity contribution in [2.45, 2.75) is 6.42 Å². The molecule has 1 heterocycles. The minimum atomic E-state index is -0.266. The Balaban J connectivity index is 2.11. The summed E-state index contributed by atoms with van der Waals surface area (Å²) in [5.74, 6) is -0.649. The molecule has 19 heavy (non-hydrogen) atoms. The third kappa shape index (κ3) is 3.09. The predicted molar refractivity (Wildman–Crippen MR) is 75.2 cm³/mol. The van der Waals surface area contributed by atoms with Gasteiger partial charge in [-0.15, -0.1) is 0 Å². The van der Waals surface area contributed by atoms with Crippen LogP contribution in [-0.4, -0.2) is 37.0 Å². The lowest BCUT2D eigenvalue weighted by molar-refractivity contribution is -0.144. The molecule has 0 saturated carbocycles. The Kier molecular flexibility index (Phi) is 4.47. The normalized spacial score (nSPS) is 18.5. The lowest BCUT2D eigenvalue weighted by Crippen LogP contribution is -2.30. The average Bonchev–Trinajstić information content (AvgIpc) is 2.86. The summed E-state index contributed by atoms with van der Waals surface area (Å²) in [6.07, 6.45) is 0.632. The number of hydrogen-bond donors (Lipinski definition) is 0. The Bertz CT molecular complexity index is 521. The van der Waals surface area contributed by atoms with Gasteiger partial charge in [-0.2, -0.15) is 0 Å². The lowest BCUT2D eigenvalue weighted by atomic mass is 10.1. The van der Waals surface area contributed by atoms with E-state index >= 15 is 0 Å². The number of amides is 1. The van der Waals surface area contributed by atoms with Gasteiger partial charge in [-0.05, 0) is 24.6 Å². The molecule has 2 rings (SSSR count). The summed E-state index contributed by atoms with van der Waals surface area (Å²) < 4.78 is 5.52. The first-order valence-corrected chi connectivity index (χ1v) is 7.02. The molecule has 4 nitrogen and oxygen atoms in total. The van der Waals surface area contributed by atoms with E-state index in [2.05, 4.69) is 15.9 Å². The highest BCUT2D eigenvalue weighted by atomic mass is 79.9. The third-order valence-electron chi connectivity index (χ3n) is 3.17. The van der Waals surface area contributed by atoms with Gasteiger partial charge in [-0.25, -0.2) is 0 Å². The van der Waals surface area contributed by atoms with Gasteiger partial charge in [0, 0.05) is 17.6 Å². The summed E-state index contributed by atoms with van der Waals surface area (Å²) in [5, 5.41) is 0.404. The van der Waals surface area contributed by atoms with Crippen molar-refractivity contribution in [3.05, 3.63) is 33.3 Å². The molecule has 1 aromatic carbocycles. The molecule has 1 fully saturated rings. The van der Waals surface area contributed by atoms with Crippen molar-refractivity contribution in [1.82, 2.24) is 4.90 Å². The fourth-order valence-corrected chi connectivity index (χ4v) is 2.89. The van der Waals surface area contributed by atoms with Crippen molar-refractivity contribution in [1.29, 1.82) is 0 Å². The maximum absolute atomic E-state index is 12.3. The molecule has 1 aromatic rings. The van der Waals surface area contributed by atoms with Crippen molar-refractivity contribution in [3.8, 4) is 0 Å². The number of esters is 1. The molecule has 0 spiro atoms. The largest absolute Gasteiger partial charge is 0.469 e. The number of benzene rings is 1. The van der Waals surface area contributed by atoms with E-state index in [0.717, 1.165) is 4.47 Å². The molecule has 1 amide bonds. The summed E-state index contributed by atoms with van der Waals surface area (Å²) in [7, 11) is 1.36. The SMILES string of the molecule is COC(=O)C1CCN(C(=O)c2ccc(Br)cc2Cl)C1. The standard InChI is InChI=1S/C13H13BrClNO3/c1-19-13(18)8-4-5-16(7-8)12(17)10-3-2-9(14)6-11(10)15/h2-3,6,8H,4-5,7H2,1H3. The van der Waals surface area contributed by atoms with Crippen LogP contribution in [-0.2, 0) is 9.53 Å².